The molecule has 27 heavy (non-hydrogen) atoms. The molecule has 0 radical (unpaired) electrons. The van der Waals surface area contributed by atoms with E-state index < -0.39 is 0 Å². The summed E-state index contributed by atoms with van der Waals surface area (Å²) in [7, 11) is 0. The van der Waals surface area contributed by atoms with Gasteiger partial charge in [-0.1, -0.05) is 30.3 Å². The molecule has 1 unspecified atom stereocenters. The van der Waals surface area contributed by atoms with Crippen LogP contribution in [-0.4, -0.2) is 36.4 Å². The first-order valence-electron chi connectivity index (χ1n) is 9.06. The smallest absolute Gasteiger partial charge is 0.167 e. The number of rotatable bonds is 6. The van der Waals surface area contributed by atoms with Crippen molar-refractivity contribution < 1.29 is 4.74 Å². The molecule has 0 saturated carbocycles. The first kappa shape index (κ1) is 17.4. The van der Waals surface area contributed by atoms with Crippen LogP contribution in [0.15, 0.2) is 48.9 Å². The average molecular weight is 362 g/mol. The van der Waals surface area contributed by atoms with Gasteiger partial charge < -0.3 is 9.30 Å². The molecular formula is C20H22N6O. The largest absolute Gasteiger partial charge is 0.357 e. The summed E-state index contributed by atoms with van der Waals surface area (Å²) in [6, 6.07) is 10.3. The van der Waals surface area contributed by atoms with Gasteiger partial charge in [-0.2, -0.15) is 5.10 Å². The molecule has 0 aliphatic carbocycles. The Hall–Kier alpha value is -3.06. The second-order valence-electron chi connectivity index (χ2n) is 6.53. The molecule has 0 amide bonds. The summed E-state index contributed by atoms with van der Waals surface area (Å²) < 4.78 is 9.52. The first-order valence-corrected chi connectivity index (χ1v) is 9.06. The van der Waals surface area contributed by atoms with Crippen LogP contribution < -0.4 is 0 Å². The van der Waals surface area contributed by atoms with Crippen molar-refractivity contribution in [2.45, 2.75) is 33.5 Å². The third-order valence-electron chi connectivity index (χ3n) is 4.61. The summed E-state index contributed by atoms with van der Waals surface area (Å²) in [5.74, 6) is 0. The van der Waals surface area contributed by atoms with Crippen molar-refractivity contribution in [3.63, 3.8) is 0 Å². The average Bonchev–Trinajstić information content (AvgIpc) is 3.29. The second kappa shape index (κ2) is 7.28. The number of hydrogen-bond acceptors (Lipinski definition) is 5. The predicted octanol–water partition coefficient (Wildman–Crippen LogP) is 3.60. The number of ether oxygens (including phenoxy) is 1. The van der Waals surface area contributed by atoms with E-state index in [-0.39, 0.29) is 6.23 Å². The van der Waals surface area contributed by atoms with Crippen molar-refractivity contribution in [1.82, 2.24) is 29.8 Å². The van der Waals surface area contributed by atoms with E-state index in [1.54, 1.807) is 10.9 Å². The normalized spacial score (nSPS) is 12.6. The fourth-order valence-electron chi connectivity index (χ4n) is 3.32. The van der Waals surface area contributed by atoms with Crippen LogP contribution in [0.1, 0.15) is 31.2 Å². The molecule has 0 fully saturated rings. The Labute approximate surface area is 157 Å². The molecule has 0 bridgehead atoms. The van der Waals surface area contributed by atoms with Gasteiger partial charge in [0.2, 0.25) is 0 Å². The van der Waals surface area contributed by atoms with Gasteiger partial charge in [0.25, 0.3) is 0 Å². The molecule has 0 N–H and O–H groups in total. The zero-order chi connectivity index (χ0) is 18.8. The summed E-state index contributed by atoms with van der Waals surface area (Å²) in [5.41, 5.74) is 4.85. The molecule has 3 aromatic heterocycles. The zero-order valence-corrected chi connectivity index (χ0v) is 15.7. The number of hydrogen-bond donors (Lipinski definition) is 0. The Morgan fingerprint density at radius 3 is 2.70 bits per heavy atom. The lowest BCUT2D eigenvalue weighted by Crippen LogP contribution is -2.09. The Kier molecular flexibility index (Phi) is 4.68. The van der Waals surface area contributed by atoms with E-state index in [1.165, 1.54) is 5.56 Å². The molecule has 1 aromatic carbocycles. The van der Waals surface area contributed by atoms with E-state index in [4.69, 9.17) is 4.74 Å². The summed E-state index contributed by atoms with van der Waals surface area (Å²) in [5, 5.41) is 18.0. The lowest BCUT2D eigenvalue weighted by molar-refractivity contribution is 0.0160. The topological polar surface area (TPSA) is 70.7 Å². The van der Waals surface area contributed by atoms with Crippen LogP contribution in [0.4, 0.5) is 0 Å². The van der Waals surface area contributed by atoms with Crippen molar-refractivity contribution >= 4 is 11.0 Å². The van der Waals surface area contributed by atoms with Gasteiger partial charge in [0.05, 0.1) is 11.6 Å². The van der Waals surface area contributed by atoms with Crippen LogP contribution in [0.2, 0.25) is 0 Å². The van der Waals surface area contributed by atoms with Crippen LogP contribution >= 0.6 is 0 Å². The van der Waals surface area contributed by atoms with E-state index >= 15 is 0 Å². The van der Waals surface area contributed by atoms with Crippen molar-refractivity contribution in [3.8, 4) is 11.3 Å². The van der Waals surface area contributed by atoms with Gasteiger partial charge in [0, 0.05) is 31.1 Å². The van der Waals surface area contributed by atoms with Crippen LogP contribution in [0.5, 0.6) is 0 Å². The van der Waals surface area contributed by atoms with E-state index in [0.29, 0.717) is 6.61 Å². The fourth-order valence-corrected chi connectivity index (χ4v) is 3.32. The predicted molar refractivity (Wildman–Crippen MR) is 103 cm³/mol. The van der Waals surface area contributed by atoms with Crippen molar-refractivity contribution in [2.75, 3.05) is 6.61 Å². The standard InChI is InChI=1S/C20H22N6O/c1-4-27-15(3)26-13-17(10-21-26)19-18-14(2)11-25(20(18)23-24-22-19)12-16-8-6-5-7-9-16/h5-11,13,15H,4,12H2,1-3H3. The number of benzene rings is 1. The van der Waals surface area contributed by atoms with Crippen molar-refractivity contribution in [1.29, 1.82) is 0 Å². The summed E-state index contributed by atoms with van der Waals surface area (Å²) >= 11 is 0. The molecule has 138 valence electrons. The maximum Gasteiger partial charge on any atom is 0.167 e. The number of aryl methyl sites for hydroxylation is 1. The van der Waals surface area contributed by atoms with E-state index in [0.717, 1.165) is 34.4 Å². The Morgan fingerprint density at radius 2 is 1.93 bits per heavy atom. The van der Waals surface area contributed by atoms with Gasteiger partial charge in [-0.05, 0) is 37.1 Å². The molecule has 7 nitrogen and oxygen atoms in total. The van der Waals surface area contributed by atoms with Crippen molar-refractivity contribution in [3.05, 3.63) is 60.0 Å². The quantitative estimate of drug-likeness (QED) is 0.524. The van der Waals surface area contributed by atoms with Crippen LogP contribution in [0.25, 0.3) is 22.3 Å². The molecule has 3 heterocycles. The van der Waals surface area contributed by atoms with Crippen LogP contribution in [-0.2, 0) is 11.3 Å². The molecule has 4 aromatic rings. The number of aromatic nitrogens is 6. The van der Waals surface area contributed by atoms with Crippen LogP contribution in [0, 0.1) is 6.92 Å². The van der Waals surface area contributed by atoms with E-state index in [1.807, 2.05) is 38.2 Å². The monoisotopic (exact) mass is 362 g/mol. The minimum absolute atomic E-state index is 0.127. The summed E-state index contributed by atoms with van der Waals surface area (Å²) in [4.78, 5) is 0. The lowest BCUT2D eigenvalue weighted by Gasteiger charge is -2.11. The highest BCUT2D eigenvalue weighted by Gasteiger charge is 2.17. The molecule has 0 aliphatic rings. The minimum atomic E-state index is -0.127. The molecule has 1 atom stereocenters. The zero-order valence-electron chi connectivity index (χ0n) is 15.7. The molecule has 0 aliphatic heterocycles. The summed E-state index contributed by atoms with van der Waals surface area (Å²) in [6.07, 6.45) is 5.72. The molecule has 0 spiro atoms. The number of fused-ring (bicyclic) bond motifs is 1. The molecule has 7 heteroatoms. The Bertz CT molecular complexity index is 1050. The maximum atomic E-state index is 5.61. The SMILES string of the molecule is CCOC(C)n1cc(-c2nnnc3c2c(C)cn3Cc2ccccc2)cn1. The van der Waals surface area contributed by atoms with Crippen molar-refractivity contribution in [2.24, 2.45) is 0 Å². The highest BCUT2D eigenvalue weighted by atomic mass is 16.5. The lowest BCUT2D eigenvalue weighted by atomic mass is 10.1. The number of nitrogens with zero attached hydrogens (tertiary/aromatic N) is 6. The molecule has 4 rings (SSSR count). The Balaban J connectivity index is 1.75. The van der Waals surface area contributed by atoms with Gasteiger partial charge in [0.1, 0.15) is 11.9 Å². The van der Waals surface area contributed by atoms with Gasteiger partial charge >= 0.3 is 0 Å². The maximum absolute atomic E-state index is 5.61. The summed E-state index contributed by atoms with van der Waals surface area (Å²) in [6.45, 7) is 7.39. The van der Waals surface area contributed by atoms with E-state index in [9.17, 15) is 0 Å². The second-order valence-corrected chi connectivity index (χ2v) is 6.53. The van der Waals surface area contributed by atoms with Gasteiger partial charge in [-0.15, -0.1) is 10.2 Å². The van der Waals surface area contributed by atoms with E-state index in [2.05, 4.69) is 50.3 Å². The minimum Gasteiger partial charge on any atom is -0.357 e. The first-order chi connectivity index (χ1) is 13.2. The highest BCUT2D eigenvalue weighted by Crippen LogP contribution is 2.29. The van der Waals surface area contributed by atoms with Crippen LogP contribution in [0.3, 0.4) is 0 Å². The van der Waals surface area contributed by atoms with Gasteiger partial charge in [-0.3, -0.25) is 0 Å². The molecule has 0 saturated heterocycles. The Morgan fingerprint density at radius 1 is 1.11 bits per heavy atom. The third-order valence-corrected chi connectivity index (χ3v) is 4.61. The van der Waals surface area contributed by atoms with Gasteiger partial charge in [0.15, 0.2) is 5.65 Å². The third kappa shape index (κ3) is 3.33. The molecular weight excluding hydrogens is 340 g/mol. The fraction of sp³-hybridized carbons (Fsp3) is 0.300. The van der Waals surface area contributed by atoms with Gasteiger partial charge in [-0.25, -0.2) is 4.68 Å². The highest BCUT2D eigenvalue weighted by molar-refractivity contribution is 5.93.